The Morgan fingerprint density at radius 3 is 2.26 bits per heavy atom. The monoisotopic (exact) mass is 602 g/mol. The number of carbonyl (C=O) groups excluding carboxylic acids is 2. The normalized spacial score (nSPS) is 15.3. The summed E-state index contributed by atoms with van der Waals surface area (Å²) in [6.45, 7) is 12.1. The molecule has 228 valence electrons. The lowest BCUT2D eigenvalue weighted by atomic mass is 9.93. The van der Waals surface area contributed by atoms with E-state index in [1.165, 1.54) is 0 Å². The van der Waals surface area contributed by atoms with Gasteiger partial charge < -0.3 is 24.8 Å². The van der Waals surface area contributed by atoms with Crippen LogP contribution in [0.4, 0.5) is 22.0 Å². The first kappa shape index (κ1) is 32.5. The molecule has 0 aliphatic carbocycles. The molecule has 0 unspecified atom stereocenters. The molecule has 1 aliphatic heterocycles. The summed E-state index contributed by atoms with van der Waals surface area (Å²) in [5.41, 5.74) is 1.21. The Kier molecular flexibility index (Phi) is 11.0. The summed E-state index contributed by atoms with van der Waals surface area (Å²) in [7, 11) is -3.67. The molecule has 0 spiro atoms. The summed E-state index contributed by atoms with van der Waals surface area (Å²) in [5, 5.41) is 12.0. The zero-order chi connectivity index (χ0) is 30.9. The first-order chi connectivity index (χ1) is 19.7. The number of nitrogens with one attached hydrogen (secondary N) is 3. The van der Waals surface area contributed by atoms with Gasteiger partial charge in [0.15, 0.2) is 5.82 Å². The number of aromatic nitrogens is 2. The van der Waals surface area contributed by atoms with Crippen LogP contribution in [0.1, 0.15) is 50.4 Å². The summed E-state index contributed by atoms with van der Waals surface area (Å²) >= 11 is 0. The average Bonchev–Trinajstić information content (AvgIpc) is 3.57. The van der Waals surface area contributed by atoms with E-state index in [1.54, 1.807) is 48.7 Å². The molecule has 0 radical (unpaired) electrons. The van der Waals surface area contributed by atoms with E-state index in [9.17, 15) is 18.0 Å². The minimum atomic E-state index is -3.67. The maximum absolute atomic E-state index is 12.6. The molecule has 3 heterocycles. The Hall–Kier alpha value is -4.01. The zero-order valence-corrected chi connectivity index (χ0v) is 25.2. The summed E-state index contributed by atoms with van der Waals surface area (Å²) in [4.78, 5) is 31.5. The first-order valence-corrected chi connectivity index (χ1v) is 15.2. The van der Waals surface area contributed by atoms with Gasteiger partial charge in [0.2, 0.25) is 0 Å². The minimum absolute atomic E-state index is 0.207. The third-order valence-electron chi connectivity index (χ3n) is 6.16. The van der Waals surface area contributed by atoms with Crippen LogP contribution in [0.25, 0.3) is 0 Å². The Morgan fingerprint density at radius 2 is 1.74 bits per heavy atom. The predicted molar refractivity (Wildman–Crippen MR) is 160 cm³/mol. The standard InChI is InChI=1S/C27H34N6O4.CH4O3S/c1-5-33-13-12-18(16-33)17-36-21-10-11-22(28-15-21)25(34)29-19-6-8-20(9-7-19)30-26(35)31-24-14-23(37-32-24)27(2,3)4;1-5(2,3)4/h6-11,14-15,18H,5,12-13,16-17H2,1-4H3,(H,29,34)(H2,30,31,32,35);1H3,(H,2,3,4)/t18-;/m1./s1. The van der Waals surface area contributed by atoms with Crippen molar-refractivity contribution in [1.82, 2.24) is 15.0 Å². The molecule has 1 saturated heterocycles. The van der Waals surface area contributed by atoms with Crippen molar-refractivity contribution in [2.24, 2.45) is 5.92 Å². The number of benzene rings is 1. The van der Waals surface area contributed by atoms with E-state index in [4.69, 9.17) is 13.8 Å². The van der Waals surface area contributed by atoms with Gasteiger partial charge in [-0.3, -0.25) is 14.7 Å². The zero-order valence-electron chi connectivity index (χ0n) is 24.4. The Bertz CT molecular complexity index is 1430. The van der Waals surface area contributed by atoms with E-state index < -0.39 is 16.1 Å². The average molecular weight is 603 g/mol. The molecule has 3 amide bonds. The van der Waals surface area contributed by atoms with Crippen molar-refractivity contribution in [3.05, 3.63) is 60.1 Å². The van der Waals surface area contributed by atoms with Gasteiger partial charge in [-0.2, -0.15) is 8.42 Å². The van der Waals surface area contributed by atoms with Gasteiger partial charge in [0.1, 0.15) is 17.2 Å². The molecule has 42 heavy (non-hydrogen) atoms. The Morgan fingerprint density at radius 1 is 1.10 bits per heavy atom. The molecular formula is C28H38N6O7S. The molecule has 1 aromatic carbocycles. The van der Waals surface area contributed by atoms with Gasteiger partial charge in [0, 0.05) is 35.3 Å². The number of hydrogen-bond acceptors (Lipinski definition) is 9. The molecule has 0 saturated carbocycles. The number of amides is 3. The van der Waals surface area contributed by atoms with Crippen molar-refractivity contribution >= 4 is 39.2 Å². The lowest BCUT2D eigenvalue weighted by molar-refractivity contribution is 0.102. The SMILES string of the molecule is CCN1CC[C@@H](COc2ccc(C(=O)Nc3ccc(NC(=O)Nc4cc(C(C)(C)C)on4)cc3)nc2)C1.CS(=O)(=O)O. The van der Waals surface area contributed by atoms with Crippen molar-refractivity contribution in [2.75, 3.05) is 48.4 Å². The van der Waals surface area contributed by atoms with Crippen molar-refractivity contribution in [1.29, 1.82) is 0 Å². The Labute approximate surface area is 245 Å². The maximum Gasteiger partial charge on any atom is 0.324 e. The third-order valence-corrected chi connectivity index (χ3v) is 6.16. The largest absolute Gasteiger partial charge is 0.492 e. The quantitative estimate of drug-likeness (QED) is 0.269. The topological polar surface area (TPSA) is 176 Å². The van der Waals surface area contributed by atoms with E-state index in [0.29, 0.717) is 47.5 Å². The third kappa shape index (κ3) is 11.1. The highest BCUT2D eigenvalue weighted by molar-refractivity contribution is 7.85. The number of anilines is 3. The maximum atomic E-state index is 12.6. The molecule has 4 N–H and O–H groups in total. The number of rotatable bonds is 8. The van der Waals surface area contributed by atoms with Crippen molar-refractivity contribution in [2.45, 2.75) is 39.5 Å². The summed E-state index contributed by atoms with van der Waals surface area (Å²) in [6.07, 6.45) is 3.43. The van der Waals surface area contributed by atoms with E-state index >= 15 is 0 Å². The highest BCUT2D eigenvalue weighted by Crippen LogP contribution is 2.24. The molecule has 13 nitrogen and oxygen atoms in total. The van der Waals surface area contributed by atoms with Crippen LogP contribution < -0.4 is 20.7 Å². The number of ether oxygens (including phenoxy) is 1. The molecule has 0 bridgehead atoms. The fourth-order valence-electron chi connectivity index (χ4n) is 3.95. The number of nitrogens with zero attached hydrogens (tertiary/aromatic N) is 3. The van der Waals surface area contributed by atoms with Gasteiger partial charge in [0.25, 0.3) is 16.0 Å². The second-order valence-electron chi connectivity index (χ2n) is 10.9. The van der Waals surface area contributed by atoms with Crippen molar-refractivity contribution in [3.8, 4) is 5.75 Å². The van der Waals surface area contributed by atoms with Gasteiger partial charge in [0.05, 0.1) is 19.1 Å². The van der Waals surface area contributed by atoms with E-state index in [0.717, 1.165) is 26.1 Å². The summed E-state index contributed by atoms with van der Waals surface area (Å²) in [6, 6.07) is 11.4. The number of likely N-dealkylation sites (tertiary alicyclic amines) is 1. The van der Waals surface area contributed by atoms with Gasteiger partial charge in [-0.15, -0.1) is 0 Å². The fraction of sp³-hybridized carbons (Fsp3) is 0.429. The summed E-state index contributed by atoms with van der Waals surface area (Å²) < 4.78 is 37.0. The van der Waals surface area contributed by atoms with Crippen molar-refractivity contribution < 1.29 is 31.8 Å². The highest BCUT2D eigenvalue weighted by atomic mass is 32.2. The number of pyridine rings is 1. The molecule has 1 atom stereocenters. The van der Waals surface area contributed by atoms with Crippen LogP contribution in [0.5, 0.6) is 5.75 Å². The minimum Gasteiger partial charge on any atom is -0.492 e. The molecular weight excluding hydrogens is 564 g/mol. The molecule has 3 aromatic rings. The van der Waals surface area contributed by atoms with E-state index in [2.05, 4.69) is 37.9 Å². The molecule has 2 aromatic heterocycles. The number of hydrogen-bond donors (Lipinski definition) is 4. The van der Waals surface area contributed by atoms with Crippen LogP contribution in [-0.4, -0.2) is 72.4 Å². The molecule has 1 fully saturated rings. The predicted octanol–water partition coefficient (Wildman–Crippen LogP) is 4.49. The number of carbonyl (C=O) groups is 2. The van der Waals surface area contributed by atoms with Crippen LogP contribution in [0.2, 0.25) is 0 Å². The van der Waals surface area contributed by atoms with Crippen molar-refractivity contribution in [3.63, 3.8) is 0 Å². The van der Waals surface area contributed by atoms with Crippen LogP contribution in [0, 0.1) is 5.92 Å². The highest BCUT2D eigenvalue weighted by Gasteiger charge is 2.22. The second-order valence-corrected chi connectivity index (χ2v) is 12.4. The molecule has 14 heteroatoms. The van der Waals surface area contributed by atoms with Gasteiger partial charge >= 0.3 is 6.03 Å². The smallest absolute Gasteiger partial charge is 0.324 e. The lowest BCUT2D eigenvalue weighted by Gasteiger charge is -2.14. The molecule has 1 aliphatic rings. The number of urea groups is 1. The van der Waals surface area contributed by atoms with E-state index in [-0.39, 0.29) is 17.0 Å². The lowest BCUT2D eigenvalue weighted by Crippen LogP contribution is -2.21. The van der Waals surface area contributed by atoms with Crippen LogP contribution in [0.15, 0.2) is 53.2 Å². The van der Waals surface area contributed by atoms with E-state index in [1.807, 2.05) is 20.8 Å². The summed E-state index contributed by atoms with van der Waals surface area (Å²) in [5.74, 6) is 1.85. The van der Waals surface area contributed by atoms with Crippen LogP contribution in [-0.2, 0) is 15.5 Å². The molecule has 4 rings (SSSR count). The van der Waals surface area contributed by atoms with Crippen LogP contribution in [0.3, 0.4) is 0 Å². The van der Waals surface area contributed by atoms with Crippen LogP contribution >= 0.6 is 0 Å². The van der Waals surface area contributed by atoms with Gasteiger partial charge in [-0.05, 0) is 55.9 Å². The van der Waals surface area contributed by atoms with Gasteiger partial charge in [-0.1, -0.05) is 32.9 Å². The fourth-order valence-corrected chi connectivity index (χ4v) is 3.95. The first-order valence-electron chi connectivity index (χ1n) is 13.4. The van der Waals surface area contributed by atoms with Gasteiger partial charge in [-0.25, -0.2) is 9.78 Å². The Balaban J connectivity index is 0.000000892. The second kappa shape index (κ2) is 14.2.